The maximum Gasteiger partial charge on any atom is 0.407 e. The Kier molecular flexibility index (Phi) is 5.81. The fraction of sp³-hybridized carbons (Fsp3) is 0.385. The number of aliphatic hydroxyl groups is 1. The van der Waals surface area contributed by atoms with Crippen LogP contribution in [0.25, 0.3) is 0 Å². The first kappa shape index (κ1) is 15.0. The van der Waals surface area contributed by atoms with E-state index in [0.29, 0.717) is 0 Å². The summed E-state index contributed by atoms with van der Waals surface area (Å²) in [5, 5.41) is 20.4. The molecule has 1 aromatic rings. The number of aliphatic carboxylic acids is 1. The summed E-state index contributed by atoms with van der Waals surface area (Å²) < 4.78 is 4.95. The van der Waals surface area contributed by atoms with Gasteiger partial charge in [0.1, 0.15) is 6.61 Å². The van der Waals surface area contributed by atoms with Crippen molar-refractivity contribution in [1.29, 1.82) is 0 Å². The number of carbonyl (C=O) groups excluding carboxylic acids is 1. The Morgan fingerprint density at radius 2 is 1.95 bits per heavy atom. The molecule has 6 nitrogen and oxygen atoms in total. The molecule has 1 aromatic carbocycles. The lowest BCUT2D eigenvalue weighted by atomic mass is 10.1. The third-order valence-electron chi connectivity index (χ3n) is 2.52. The monoisotopic (exact) mass is 267 g/mol. The van der Waals surface area contributed by atoms with Crippen LogP contribution in [-0.4, -0.2) is 34.4 Å². The largest absolute Gasteiger partial charge is 0.481 e. The summed E-state index contributed by atoms with van der Waals surface area (Å²) in [6.07, 6.45) is -2.28. The molecule has 2 atom stereocenters. The van der Waals surface area contributed by atoms with Gasteiger partial charge in [-0.2, -0.15) is 0 Å². The Bertz CT molecular complexity index is 420. The minimum atomic E-state index is -1.15. The first-order valence-electron chi connectivity index (χ1n) is 5.86. The molecule has 104 valence electrons. The summed E-state index contributed by atoms with van der Waals surface area (Å²) in [5.41, 5.74) is 0.844. The minimum Gasteiger partial charge on any atom is -0.481 e. The Morgan fingerprint density at radius 1 is 1.32 bits per heavy atom. The van der Waals surface area contributed by atoms with Gasteiger partial charge in [0.2, 0.25) is 0 Å². The predicted octanol–water partition coefficient (Wildman–Crippen LogP) is 1.14. The van der Waals surface area contributed by atoms with Gasteiger partial charge >= 0.3 is 12.1 Å². The van der Waals surface area contributed by atoms with Crippen molar-refractivity contribution in [2.24, 2.45) is 0 Å². The second kappa shape index (κ2) is 7.38. The maximum atomic E-state index is 11.4. The van der Waals surface area contributed by atoms with Crippen molar-refractivity contribution in [1.82, 2.24) is 5.32 Å². The van der Waals surface area contributed by atoms with Crippen LogP contribution in [0.2, 0.25) is 0 Å². The Labute approximate surface area is 111 Å². The zero-order valence-electron chi connectivity index (χ0n) is 10.6. The molecule has 0 radical (unpaired) electrons. The number of rotatable bonds is 6. The maximum absolute atomic E-state index is 11.4. The molecular weight excluding hydrogens is 250 g/mol. The van der Waals surface area contributed by atoms with E-state index in [2.05, 4.69) is 5.32 Å². The van der Waals surface area contributed by atoms with Gasteiger partial charge in [0.15, 0.2) is 0 Å². The molecule has 0 spiro atoms. The summed E-state index contributed by atoms with van der Waals surface area (Å²) >= 11 is 0. The normalized spacial score (nSPS) is 13.4. The lowest BCUT2D eigenvalue weighted by Crippen LogP contribution is -2.42. The van der Waals surface area contributed by atoms with Crippen LogP contribution in [0.4, 0.5) is 4.79 Å². The van der Waals surface area contributed by atoms with Crippen LogP contribution in [0.5, 0.6) is 0 Å². The Morgan fingerprint density at radius 3 is 2.53 bits per heavy atom. The van der Waals surface area contributed by atoms with E-state index < -0.39 is 30.6 Å². The van der Waals surface area contributed by atoms with Gasteiger partial charge in [-0.25, -0.2) is 4.79 Å². The molecule has 6 heteroatoms. The lowest BCUT2D eigenvalue weighted by Gasteiger charge is -2.18. The molecule has 0 aliphatic heterocycles. The number of carboxylic acid groups (broad SMARTS) is 1. The molecule has 3 N–H and O–H groups in total. The Balaban J connectivity index is 2.32. The predicted molar refractivity (Wildman–Crippen MR) is 67.5 cm³/mol. The second-order valence-electron chi connectivity index (χ2n) is 4.16. The first-order chi connectivity index (χ1) is 8.99. The van der Waals surface area contributed by atoms with Crippen molar-refractivity contribution >= 4 is 12.1 Å². The highest BCUT2D eigenvalue weighted by Crippen LogP contribution is 2.02. The number of amides is 1. The molecule has 1 amide bonds. The number of hydrogen-bond donors (Lipinski definition) is 3. The topological polar surface area (TPSA) is 95.9 Å². The average molecular weight is 267 g/mol. The van der Waals surface area contributed by atoms with Crippen LogP contribution in [0, 0.1) is 0 Å². The lowest BCUT2D eigenvalue weighted by molar-refractivity contribution is -0.139. The van der Waals surface area contributed by atoms with Gasteiger partial charge in [-0.05, 0) is 12.5 Å². The van der Waals surface area contributed by atoms with Gasteiger partial charge in [-0.3, -0.25) is 4.79 Å². The van der Waals surface area contributed by atoms with Crippen LogP contribution in [0.1, 0.15) is 18.9 Å². The van der Waals surface area contributed by atoms with E-state index in [9.17, 15) is 14.7 Å². The van der Waals surface area contributed by atoms with E-state index in [-0.39, 0.29) is 6.61 Å². The van der Waals surface area contributed by atoms with Crippen LogP contribution in [-0.2, 0) is 16.1 Å². The van der Waals surface area contributed by atoms with E-state index in [0.717, 1.165) is 5.56 Å². The van der Waals surface area contributed by atoms with Gasteiger partial charge in [0.25, 0.3) is 0 Å². The van der Waals surface area contributed by atoms with Crippen molar-refractivity contribution in [2.45, 2.75) is 32.1 Å². The van der Waals surface area contributed by atoms with E-state index >= 15 is 0 Å². The van der Waals surface area contributed by atoms with Gasteiger partial charge in [0, 0.05) is 0 Å². The molecular formula is C13H17NO5. The first-order valence-corrected chi connectivity index (χ1v) is 5.86. The summed E-state index contributed by atoms with van der Waals surface area (Å²) in [7, 11) is 0. The molecule has 0 saturated heterocycles. The molecule has 1 rings (SSSR count). The molecule has 0 fully saturated rings. The highest BCUT2D eigenvalue weighted by atomic mass is 16.5. The molecule has 0 aliphatic rings. The van der Waals surface area contributed by atoms with E-state index in [1.54, 1.807) is 0 Å². The third-order valence-corrected chi connectivity index (χ3v) is 2.52. The minimum absolute atomic E-state index is 0.119. The fourth-order valence-corrected chi connectivity index (χ4v) is 1.40. The molecule has 0 aliphatic carbocycles. The van der Waals surface area contributed by atoms with Crippen LogP contribution < -0.4 is 5.32 Å². The number of ether oxygens (including phenoxy) is 1. The summed E-state index contributed by atoms with van der Waals surface area (Å²) in [4.78, 5) is 21.8. The number of carboxylic acids is 1. The van der Waals surface area contributed by atoms with Crippen molar-refractivity contribution < 1.29 is 24.5 Å². The number of carbonyl (C=O) groups is 2. The molecule has 19 heavy (non-hydrogen) atoms. The summed E-state index contributed by atoms with van der Waals surface area (Å²) in [6.45, 7) is 1.63. The van der Waals surface area contributed by atoms with Gasteiger partial charge in [-0.1, -0.05) is 30.3 Å². The zero-order valence-corrected chi connectivity index (χ0v) is 10.6. The highest BCUT2D eigenvalue weighted by Gasteiger charge is 2.19. The second-order valence-corrected chi connectivity index (χ2v) is 4.16. The summed E-state index contributed by atoms with van der Waals surface area (Å²) in [6, 6.07) is 8.45. The van der Waals surface area contributed by atoms with Crippen LogP contribution >= 0.6 is 0 Å². The average Bonchev–Trinajstić information content (AvgIpc) is 2.36. The van der Waals surface area contributed by atoms with Crippen molar-refractivity contribution in [3.05, 3.63) is 35.9 Å². The van der Waals surface area contributed by atoms with Crippen molar-refractivity contribution in [2.75, 3.05) is 0 Å². The number of hydrogen-bond acceptors (Lipinski definition) is 4. The molecule has 0 unspecified atom stereocenters. The molecule has 0 aromatic heterocycles. The SMILES string of the molecule is C[C@H](NC(=O)OCc1ccccc1)[C@@H](O)CC(=O)O. The van der Waals surface area contributed by atoms with Gasteiger partial charge < -0.3 is 20.3 Å². The van der Waals surface area contributed by atoms with Crippen LogP contribution in [0.15, 0.2) is 30.3 Å². The zero-order chi connectivity index (χ0) is 14.3. The smallest absolute Gasteiger partial charge is 0.407 e. The molecule has 0 heterocycles. The van der Waals surface area contributed by atoms with Gasteiger partial charge in [-0.15, -0.1) is 0 Å². The van der Waals surface area contributed by atoms with Crippen molar-refractivity contribution in [3.63, 3.8) is 0 Å². The fourth-order valence-electron chi connectivity index (χ4n) is 1.40. The van der Waals surface area contributed by atoms with E-state index in [1.165, 1.54) is 6.92 Å². The Hall–Kier alpha value is -2.08. The van der Waals surface area contributed by atoms with E-state index in [4.69, 9.17) is 9.84 Å². The highest BCUT2D eigenvalue weighted by molar-refractivity contribution is 5.69. The summed E-state index contributed by atoms with van der Waals surface area (Å²) in [5.74, 6) is -1.13. The standard InChI is InChI=1S/C13H17NO5/c1-9(11(15)7-12(16)17)14-13(18)19-8-10-5-3-2-4-6-10/h2-6,9,11,15H,7-8H2,1H3,(H,14,18)(H,16,17)/t9-,11-/m0/s1. The number of nitrogens with one attached hydrogen (secondary N) is 1. The third kappa shape index (κ3) is 5.87. The van der Waals surface area contributed by atoms with Crippen LogP contribution in [0.3, 0.4) is 0 Å². The van der Waals surface area contributed by atoms with Crippen molar-refractivity contribution in [3.8, 4) is 0 Å². The number of alkyl carbamates (subject to hydrolysis) is 1. The van der Waals surface area contributed by atoms with Gasteiger partial charge in [0.05, 0.1) is 18.6 Å². The number of aliphatic hydroxyl groups excluding tert-OH is 1. The number of benzene rings is 1. The molecule has 0 bridgehead atoms. The van der Waals surface area contributed by atoms with E-state index in [1.807, 2.05) is 30.3 Å². The quantitative estimate of drug-likeness (QED) is 0.718. The molecule has 0 saturated carbocycles.